The summed E-state index contributed by atoms with van der Waals surface area (Å²) in [6.45, 7) is -0.150. The molecule has 0 radical (unpaired) electrons. The van der Waals surface area contributed by atoms with Gasteiger partial charge in [0.2, 0.25) is 11.8 Å². The quantitative estimate of drug-likeness (QED) is 0.244. The monoisotopic (exact) mass is 291 g/mol. The van der Waals surface area contributed by atoms with Crippen molar-refractivity contribution >= 4 is 36.7 Å². The number of thiol groups is 1. The number of hydrogen-bond acceptors (Lipinski definition) is 6. The molecule has 8 nitrogen and oxygen atoms in total. The second-order valence-corrected chi connectivity index (χ2v) is 4.06. The molecule has 108 valence electrons. The van der Waals surface area contributed by atoms with E-state index >= 15 is 0 Å². The van der Waals surface area contributed by atoms with Crippen LogP contribution in [0, 0.1) is 0 Å². The zero-order chi connectivity index (χ0) is 14.8. The Hall–Kier alpha value is -1.61. The summed E-state index contributed by atoms with van der Waals surface area (Å²) in [6.07, 6.45) is 0.371. The molecule has 0 aliphatic heterocycles. The van der Waals surface area contributed by atoms with Crippen LogP contribution < -0.4 is 16.4 Å². The number of aldehydes is 1. The van der Waals surface area contributed by atoms with Gasteiger partial charge in [0, 0.05) is 12.2 Å². The normalized spacial score (nSPS) is 13.2. The zero-order valence-electron chi connectivity index (χ0n) is 10.2. The third-order valence-corrected chi connectivity index (χ3v) is 2.56. The van der Waals surface area contributed by atoms with Gasteiger partial charge in [-0.05, 0) is 6.42 Å². The van der Waals surface area contributed by atoms with Gasteiger partial charge in [0.25, 0.3) is 0 Å². The molecule has 5 N–H and O–H groups in total. The van der Waals surface area contributed by atoms with Gasteiger partial charge in [0.1, 0.15) is 18.4 Å². The standard InChI is InChI=1S/C10H17N3O5S/c11-6(10(17)18)1-2-8(15)13-7(5-19)9(16)12-3-4-14/h4,6-7,19H,1-3,5,11H2,(H,12,16)(H,13,15)(H,17,18)/t6-,7-/m0/s1. The van der Waals surface area contributed by atoms with E-state index in [9.17, 15) is 19.2 Å². The van der Waals surface area contributed by atoms with Crippen LogP contribution in [0.4, 0.5) is 0 Å². The highest BCUT2D eigenvalue weighted by molar-refractivity contribution is 7.80. The van der Waals surface area contributed by atoms with E-state index in [0.717, 1.165) is 0 Å². The molecule has 0 rings (SSSR count). The maximum atomic E-state index is 11.5. The first-order chi connectivity index (χ1) is 8.92. The number of amides is 2. The topological polar surface area (TPSA) is 139 Å². The minimum Gasteiger partial charge on any atom is -0.480 e. The summed E-state index contributed by atoms with van der Waals surface area (Å²) in [5.41, 5.74) is 5.24. The molecule has 0 unspecified atom stereocenters. The Bertz CT molecular complexity index is 350. The molecule has 0 aliphatic rings. The molecular weight excluding hydrogens is 274 g/mol. The van der Waals surface area contributed by atoms with E-state index in [-0.39, 0.29) is 25.1 Å². The highest BCUT2D eigenvalue weighted by Crippen LogP contribution is 1.97. The summed E-state index contributed by atoms with van der Waals surface area (Å²) in [4.78, 5) is 43.5. The Morgan fingerprint density at radius 1 is 1.37 bits per heavy atom. The average molecular weight is 291 g/mol. The van der Waals surface area contributed by atoms with Crippen LogP contribution in [0.1, 0.15) is 12.8 Å². The van der Waals surface area contributed by atoms with E-state index in [1.807, 2.05) is 0 Å². The molecule has 9 heteroatoms. The third-order valence-electron chi connectivity index (χ3n) is 2.19. The zero-order valence-corrected chi connectivity index (χ0v) is 11.1. The summed E-state index contributed by atoms with van der Waals surface area (Å²) in [6, 6.07) is -2.00. The molecule has 0 aromatic heterocycles. The van der Waals surface area contributed by atoms with Crippen LogP contribution in [-0.2, 0) is 19.2 Å². The lowest BCUT2D eigenvalue weighted by Crippen LogP contribution is -2.48. The average Bonchev–Trinajstić information content (AvgIpc) is 2.38. The van der Waals surface area contributed by atoms with Crippen molar-refractivity contribution in [1.82, 2.24) is 10.6 Å². The van der Waals surface area contributed by atoms with Crippen LogP contribution in [0.25, 0.3) is 0 Å². The second-order valence-electron chi connectivity index (χ2n) is 3.70. The summed E-state index contributed by atoms with van der Waals surface area (Å²) < 4.78 is 0. The lowest BCUT2D eigenvalue weighted by Gasteiger charge is -2.16. The molecule has 0 saturated carbocycles. The minimum absolute atomic E-state index is 0.0313. The van der Waals surface area contributed by atoms with Crippen molar-refractivity contribution in [3.63, 3.8) is 0 Å². The van der Waals surface area contributed by atoms with E-state index in [1.54, 1.807) is 0 Å². The molecule has 0 aromatic rings. The van der Waals surface area contributed by atoms with Crippen molar-refractivity contribution in [3.8, 4) is 0 Å². The van der Waals surface area contributed by atoms with Crippen molar-refractivity contribution in [2.75, 3.05) is 12.3 Å². The fourth-order valence-electron chi connectivity index (χ4n) is 1.14. The molecule has 0 heterocycles. The van der Waals surface area contributed by atoms with Crippen molar-refractivity contribution in [2.24, 2.45) is 5.73 Å². The van der Waals surface area contributed by atoms with Gasteiger partial charge in [0.15, 0.2) is 0 Å². The largest absolute Gasteiger partial charge is 0.480 e. The fourth-order valence-corrected chi connectivity index (χ4v) is 1.39. The number of nitrogens with two attached hydrogens (primary N) is 1. The van der Waals surface area contributed by atoms with Crippen molar-refractivity contribution in [3.05, 3.63) is 0 Å². The number of carbonyl (C=O) groups excluding carboxylic acids is 3. The van der Waals surface area contributed by atoms with Crippen molar-refractivity contribution in [2.45, 2.75) is 24.9 Å². The Kier molecular flexibility index (Phi) is 8.55. The fraction of sp³-hybridized carbons (Fsp3) is 0.600. The Morgan fingerprint density at radius 3 is 2.47 bits per heavy atom. The second kappa shape index (κ2) is 9.34. The summed E-state index contributed by atoms with van der Waals surface area (Å²) >= 11 is 3.91. The van der Waals surface area contributed by atoms with E-state index in [2.05, 4.69) is 23.3 Å². The number of carboxylic acids is 1. The molecule has 2 amide bonds. The maximum Gasteiger partial charge on any atom is 0.320 e. The SMILES string of the molecule is N[C@@H](CCC(=O)N[C@@H](CS)C(=O)NCC=O)C(=O)O. The number of carboxylic acid groups (broad SMARTS) is 1. The molecular formula is C10H17N3O5S. The predicted molar refractivity (Wildman–Crippen MR) is 69.7 cm³/mol. The molecule has 19 heavy (non-hydrogen) atoms. The Balaban J connectivity index is 4.16. The Labute approximate surface area is 115 Å². The van der Waals surface area contributed by atoms with E-state index < -0.39 is 29.9 Å². The van der Waals surface area contributed by atoms with Crippen LogP contribution in [0.15, 0.2) is 0 Å². The lowest BCUT2D eigenvalue weighted by molar-refractivity contribution is -0.138. The van der Waals surface area contributed by atoms with Gasteiger partial charge in [-0.2, -0.15) is 12.6 Å². The molecule has 0 aliphatic carbocycles. The van der Waals surface area contributed by atoms with E-state index in [1.165, 1.54) is 0 Å². The van der Waals surface area contributed by atoms with Crippen molar-refractivity contribution < 1.29 is 24.3 Å². The number of rotatable bonds is 9. The van der Waals surface area contributed by atoms with Crippen LogP contribution in [0.2, 0.25) is 0 Å². The van der Waals surface area contributed by atoms with Crippen LogP contribution in [-0.4, -0.2) is 53.6 Å². The lowest BCUT2D eigenvalue weighted by atomic mass is 10.1. The maximum absolute atomic E-state index is 11.5. The number of carbonyl (C=O) groups is 4. The van der Waals surface area contributed by atoms with E-state index in [0.29, 0.717) is 6.29 Å². The van der Waals surface area contributed by atoms with Crippen LogP contribution in [0.5, 0.6) is 0 Å². The summed E-state index contributed by atoms with van der Waals surface area (Å²) in [5.74, 6) is -2.17. The molecule has 0 bridgehead atoms. The molecule has 0 aromatic carbocycles. The van der Waals surface area contributed by atoms with Gasteiger partial charge in [-0.15, -0.1) is 0 Å². The third kappa shape index (κ3) is 7.42. The highest BCUT2D eigenvalue weighted by Gasteiger charge is 2.20. The van der Waals surface area contributed by atoms with Crippen molar-refractivity contribution in [1.29, 1.82) is 0 Å². The number of aliphatic carboxylic acids is 1. The Morgan fingerprint density at radius 2 is 2.00 bits per heavy atom. The first-order valence-corrected chi connectivity index (χ1v) is 6.15. The van der Waals surface area contributed by atoms with Gasteiger partial charge in [-0.1, -0.05) is 0 Å². The van der Waals surface area contributed by atoms with Gasteiger partial charge >= 0.3 is 5.97 Å². The van der Waals surface area contributed by atoms with Gasteiger partial charge in [-0.25, -0.2) is 0 Å². The molecule has 0 fully saturated rings. The minimum atomic E-state index is -1.19. The molecule has 0 saturated heterocycles. The van der Waals surface area contributed by atoms with Crippen LogP contribution >= 0.6 is 12.6 Å². The summed E-state index contributed by atoms with van der Waals surface area (Å²) in [5, 5.41) is 13.2. The first-order valence-electron chi connectivity index (χ1n) is 5.52. The molecule has 0 spiro atoms. The van der Waals surface area contributed by atoms with Crippen LogP contribution in [0.3, 0.4) is 0 Å². The smallest absolute Gasteiger partial charge is 0.320 e. The number of nitrogens with one attached hydrogen (secondary N) is 2. The first kappa shape index (κ1) is 17.4. The highest BCUT2D eigenvalue weighted by atomic mass is 32.1. The van der Waals surface area contributed by atoms with Gasteiger partial charge < -0.3 is 26.3 Å². The van der Waals surface area contributed by atoms with E-state index in [4.69, 9.17) is 10.8 Å². The van der Waals surface area contributed by atoms with Gasteiger partial charge in [-0.3, -0.25) is 14.4 Å². The summed E-state index contributed by atoms with van der Waals surface area (Å²) in [7, 11) is 0. The van der Waals surface area contributed by atoms with Gasteiger partial charge in [0.05, 0.1) is 6.54 Å². The number of hydrogen-bond donors (Lipinski definition) is 5. The molecule has 2 atom stereocenters. The predicted octanol–water partition coefficient (Wildman–Crippen LogP) is -2.09.